The summed E-state index contributed by atoms with van der Waals surface area (Å²) < 4.78 is 10.6. The number of ether oxygens (including phenoxy) is 2. The van der Waals surface area contributed by atoms with Crippen molar-refractivity contribution >= 4 is 11.7 Å². The predicted molar refractivity (Wildman–Crippen MR) is 72.1 cm³/mol. The summed E-state index contributed by atoms with van der Waals surface area (Å²) in [7, 11) is 3.26. The number of anilines is 1. The first-order chi connectivity index (χ1) is 9.15. The molecule has 0 saturated carbocycles. The van der Waals surface area contributed by atoms with Crippen LogP contribution in [0.25, 0.3) is 0 Å². The van der Waals surface area contributed by atoms with Gasteiger partial charge in [0, 0.05) is 19.2 Å². The highest BCUT2D eigenvalue weighted by Crippen LogP contribution is 2.34. The second-order valence-corrected chi connectivity index (χ2v) is 4.64. The number of piperidine rings is 1. The summed E-state index contributed by atoms with van der Waals surface area (Å²) in [6.07, 6.45) is 1.32. The first-order valence-corrected chi connectivity index (χ1v) is 6.35. The molecule has 1 N–H and O–H groups in total. The molecule has 0 aliphatic carbocycles. The molecule has 104 valence electrons. The van der Waals surface area contributed by atoms with Crippen molar-refractivity contribution in [3.05, 3.63) is 18.2 Å². The van der Waals surface area contributed by atoms with Crippen LogP contribution >= 0.6 is 0 Å². The van der Waals surface area contributed by atoms with Gasteiger partial charge < -0.3 is 19.5 Å². The van der Waals surface area contributed by atoms with Gasteiger partial charge in [-0.1, -0.05) is 0 Å². The number of methoxy groups -OCH3 is 2. The summed E-state index contributed by atoms with van der Waals surface area (Å²) in [6, 6.07) is 5.66. The minimum absolute atomic E-state index is 0.229. The third-order valence-electron chi connectivity index (χ3n) is 3.57. The number of benzene rings is 1. The molecule has 0 radical (unpaired) electrons. The fourth-order valence-corrected chi connectivity index (χ4v) is 2.41. The van der Waals surface area contributed by atoms with E-state index >= 15 is 0 Å². The lowest BCUT2D eigenvalue weighted by Crippen LogP contribution is -2.36. The summed E-state index contributed by atoms with van der Waals surface area (Å²) in [6.45, 7) is 1.45. The normalized spacial score (nSPS) is 16.2. The quantitative estimate of drug-likeness (QED) is 0.902. The first-order valence-electron chi connectivity index (χ1n) is 6.35. The monoisotopic (exact) mass is 265 g/mol. The molecule has 5 heteroatoms. The number of hydrogen-bond acceptors (Lipinski definition) is 4. The van der Waals surface area contributed by atoms with Crippen molar-refractivity contribution in [3.63, 3.8) is 0 Å². The molecule has 1 aromatic rings. The van der Waals surface area contributed by atoms with Gasteiger partial charge in [0.2, 0.25) is 0 Å². The van der Waals surface area contributed by atoms with Crippen LogP contribution in [0, 0.1) is 5.92 Å². The molecule has 0 unspecified atom stereocenters. The highest BCUT2D eigenvalue weighted by atomic mass is 16.5. The zero-order valence-corrected chi connectivity index (χ0v) is 11.3. The van der Waals surface area contributed by atoms with Crippen molar-refractivity contribution in [2.24, 2.45) is 5.92 Å². The molecule has 0 atom stereocenters. The molecular formula is C14H19NO4. The highest BCUT2D eigenvalue weighted by Gasteiger charge is 2.26. The van der Waals surface area contributed by atoms with E-state index in [0.29, 0.717) is 12.8 Å². The average Bonchev–Trinajstić information content (AvgIpc) is 2.46. The second-order valence-electron chi connectivity index (χ2n) is 4.64. The Bertz CT molecular complexity index is 453. The average molecular weight is 265 g/mol. The summed E-state index contributed by atoms with van der Waals surface area (Å²) >= 11 is 0. The fraction of sp³-hybridized carbons (Fsp3) is 0.500. The number of carboxylic acids is 1. The third-order valence-corrected chi connectivity index (χ3v) is 3.57. The topological polar surface area (TPSA) is 59.0 Å². The van der Waals surface area contributed by atoms with Crippen LogP contribution in [0.15, 0.2) is 18.2 Å². The number of carboxylic acid groups (broad SMARTS) is 1. The summed E-state index contributed by atoms with van der Waals surface area (Å²) in [5.41, 5.74) is 0.964. The summed E-state index contributed by atoms with van der Waals surface area (Å²) in [4.78, 5) is 13.1. The summed E-state index contributed by atoms with van der Waals surface area (Å²) in [5.74, 6) is 0.635. The van der Waals surface area contributed by atoms with Crippen molar-refractivity contribution in [3.8, 4) is 11.5 Å². The molecule has 1 aliphatic heterocycles. The van der Waals surface area contributed by atoms with Crippen LogP contribution in [0.3, 0.4) is 0 Å². The Hall–Kier alpha value is -1.91. The van der Waals surface area contributed by atoms with Crippen molar-refractivity contribution in [1.82, 2.24) is 0 Å². The van der Waals surface area contributed by atoms with E-state index in [1.165, 1.54) is 0 Å². The predicted octanol–water partition coefficient (Wildman–Crippen LogP) is 2.00. The van der Waals surface area contributed by atoms with E-state index < -0.39 is 5.97 Å². The molecule has 0 aromatic heterocycles. The fourth-order valence-electron chi connectivity index (χ4n) is 2.41. The van der Waals surface area contributed by atoms with Gasteiger partial charge in [0.15, 0.2) is 0 Å². The van der Waals surface area contributed by atoms with Crippen molar-refractivity contribution < 1.29 is 19.4 Å². The number of carbonyl (C=O) groups is 1. The SMILES string of the molecule is COc1ccc(OC)c(N2CCC(C(=O)O)CC2)c1. The van der Waals surface area contributed by atoms with E-state index in [4.69, 9.17) is 14.6 Å². The van der Waals surface area contributed by atoms with Gasteiger partial charge in [-0.05, 0) is 25.0 Å². The van der Waals surface area contributed by atoms with E-state index in [0.717, 1.165) is 30.3 Å². The zero-order valence-electron chi connectivity index (χ0n) is 11.3. The van der Waals surface area contributed by atoms with Crippen LogP contribution in [0.4, 0.5) is 5.69 Å². The standard InChI is InChI=1S/C14H19NO4/c1-18-11-3-4-13(19-2)12(9-11)15-7-5-10(6-8-15)14(16)17/h3-4,9-10H,5-8H2,1-2H3,(H,16,17). The first kappa shape index (κ1) is 13.5. The maximum Gasteiger partial charge on any atom is 0.306 e. The Balaban J connectivity index is 2.16. The second kappa shape index (κ2) is 5.82. The molecule has 19 heavy (non-hydrogen) atoms. The van der Waals surface area contributed by atoms with Gasteiger partial charge >= 0.3 is 5.97 Å². The molecule has 0 amide bonds. The Morgan fingerprint density at radius 2 is 1.95 bits per heavy atom. The largest absolute Gasteiger partial charge is 0.497 e. The number of hydrogen-bond donors (Lipinski definition) is 1. The third kappa shape index (κ3) is 2.92. The van der Waals surface area contributed by atoms with E-state index in [2.05, 4.69) is 4.90 Å². The van der Waals surface area contributed by atoms with Crippen molar-refractivity contribution in [2.75, 3.05) is 32.2 Å². The minimum Gasteiger partial charge on any atom is -0.497 e. The molecule has 1 aromatic carbocycles. The maximum atomic E-state index is 11.0. The van der Waals surface area contributed by atoms with Gasteiger partial charge in [-0.15, -0.1) is 0 Å². The van der Waals surface area contributed by atoms with E-state index in [-0.39, 0.29) is 5.92 Å². The van der Waals surface area contributed by atoms with Crippen molar-refractivity contribution in [1.29, 1.82) is 0 Å². The smallest absolute Gasteiger partial charge is 0.306 e. The van der Waals surface area contributed by atoms with Gasteiger partial charge in [0.05, 0.1) is 25.8 Å². The number of aliphatic carboxylic acids is 1. The number of rotatable bonds is 4. The Labute approximate surface area is 112 Å². The molecule has 0 spiro atoms. The van der Waals surface area contributed by atoms with E-state index in [1.807, 2.05) is 18.2 Å². The molecule has 1 aliphatic rings. The molecule has 0 bridgehead atoms. The maximum absolute atomic E-state index is 11.0. The van der Waals surface area contributed by atoms with Gasteiger partial charge in [-0.3, -0.25) is 4.79 Å². The zero-order chi connectivity index (χ0) is 13.8. The van der Waals surface area contributed by atoms with E-state index in [1.54, 1.807) is 14.2 Å². The Morgan fingerprint density at radius 3 is 2.47 bits per heavy atom. The number of nitrogens with zero attached hydrogens (tertiary/aromatic N) is 1. The lowest BCUT2D eigenvalue weighted by atomic mass is 9.96. The van der Waals surface area contributed by atoms with Crippen LogP contribution in [-0.4, -0.2) is 38.4 Å². The molecular weight excluding hydrogens is 246 g/mol. The molecule has 1 fully saturated rings. The van der Waals surface area contributed by atoms with E-state index in [9.17, 15) is 4.79 Å². The molecule has 1 saturated heterocycles. The van der Waals surface area contributed by atoms with Gasteiger partial charge in [-0.2, -0.15) is 0 Å². The van der Waals surface area contributed by atoms with Crippen LogP contribution in [-0.2, 0) is 4.79 Å². The van der Waals surface area contributed by atoms with Gasteiger partial charge in [-0.25, -0.2) is 0 Å². The van der Waals surface area contributed by atoms with Crippen LogP contribution < -0.4 is 14.4 Å². The molecule has 2 rings (SSSR count). The molecule has 5 nitrogen and oxygen atoms in total. The van der Waals surface area contributed by atoms with Crippen LogP contribution in [0.1, 0.15) is 12.8 Å². The molecule has 1 heterocycles. The van der Waals surface area contributed by atoms with Crippen LogP contribution in [0.5, 0.6) is 11.5 Å². The summed E-state index contributed by atoms with van der Waals surface area (Å²) in [5, 5.41) is 9.01. The van der Waals surface area contributed by atoms with Gasteiger partial charge in [0.1, 0.15) is 11.5 Å². The lowest BCUT2D eigenvalue weighted by molar-refractivity contribution is -0.142. The van der Waals surface area contributed by atoms with Crippen LogP contribution in [0.2, 0.25) is 0 Å². The minimum atomic E-state index is -0.697. The highest BCUT2D eigenvalue weighted by molar-refractivity contribution is 5.71. The lowest BCUT2D eigenvalue weighted by Gasteiger charge is -2.32. The Kier molecular flexibility index (Phi) is 4.14. The Morgan fingerprint density at radius 1 is 1.26 bits per heavy atom. The van der Waals surface area contributed by atoms with Gasteiger partial charge in [0.25, 0.3) is 0 Å². The van der Waals surface area contributed by atoms with Crippen molar-refractivity contribution in [2.45, 2.75) is 12.8 Å².